The van der Waals surface area contributed by atoms with E-state index in [4.69, 9.17) is 0 Å². The number of alkyl halides is 3. The van der Waals surface area contributed by atoms with E-state index >= 15 is 0 Å². The number of hydrogen-bond donors (Lipinski definition) is 1. The average molecular weight is 235 g/mol. The van der Waals surface area contributed by atoms with E-state index in [1.807, 2.05) is 0 Å². The molecule has 6 heteroatoms. The number of thiophene rings is 1. The second-order valence-corrected chi connectivity index (χ2v) is 4.38. The number of carbonyl (C=O) groups is 1. The van der Waals surface area contributed by atoms with Crippen molar-refractivity contribution in [2.24, 2.45) is 0 Å². The first-order valence-corrected chi connectivity index (χ1v) is 5.27. The number of halogens is 3. The van der Waals surface area contributed by atoms with E-state index < -0.39 is 11.7 Å². The van der Waals surface area contributed by atoms with Crippen molar-refractivity contribution in [1.29, 1.82) is 0 Å². The van der Waals surface area contributed by atoms with Crippen LogP contribution in [0, 0.1) is 0 Å². The van der Waals surface area contributed by atoms with E-state index in [-0.39, 0.29) is 18.2 Å². The van der Waals surface area contributed by atoms with Gasteiger partial charge in [-0.15, -0.1) is 11.3 Å². The second-order valence-electron chi connectivity index (χ2n) is 3.44. The first-order valence-electron chi connectivity index (χ1n) is 4.39. The Kier molecular flexibility index (Phi) is 2.46. The first-order chi connectivity index (χ1) is 6.97. The second kappa shape index (κ2) is 3.52. The van der Waals surface area contributed by atoms with Gasteiger partial charge in [0.15, 0.2) is 0 Å². The summed E-state index contributed by atoms with van der Waals surface area (Å²) in [5.74, 6) is -0.194. The molecule has 1 N–H and O–H groups in total. The summed E-state index contributed by atoms with van der Waals surface area (Å²) in [6.07, 6.45) is -4.00. The smallest absolute Gasteiger partial charge is 0.355 e. The van der Waals surface area contributed by atoms with Gasteiger partial charge in [-0.3, -0.25) is 4.79 Å². The molecular weight excluding hydrogens is 227 g/mol. The van der Waals surface area contributed by atoms with Gasteiger partial charge in [0.05, 0.1) is 5.56 Å². The Morgan fingerprint density at radius 1 is 1.47 bits per heavy atom. The number of carbonyl (C=O) groups excluding carboxylic acids is 1. The molecule has 1 fully saturated rings. The van der Waals surface area contributed by atoms with Crippen molar-refractivity contribution in [2.75, 3.05) is 6.54 Å². The van der Waals surface area contributed by atoms with Crippen molar-refractivity contribution in [3.63, 3.8) is 0 Å². The summed E-state index contributed by atoms with van der Waals surface area (Å²) >= 11 is 1.06. The highest BCUT2D eigenvalue weighted by Gasteiger charge is 2.33. The molecule has 2 nitrogen and oxygen atoms in total. The van der Waals surface area contributed by atoms with Crippen LogP contribution in [0.5, 0.6) is 0 Å². The maximum Gasteiger partial charge on any atom is 0.417 e. The van der Waals surface area contributed by atoms with Crippen molar-refractivity contribution in [2.45, 2.75) is 18.5 Å². The fourth-order valence-corrected chi connectivity index (χ4v) is 2.54. The highest BCUT2D eigenvalue weighted by atomic mass is 32.1. The molecule has 1 aliphatic heterocycles. The van der Waals surface area contributed by atoms with Gasteiger partial charge in [0.1, 0.15) is 0 Å². The largest absolute Gasteiger partial charge is 0.417 e. The lowest BCUT2D eigenvalue weighted by Gasteiger charge is -2.03. The molecule has 1 aliphatic rings. The minimum absolute atomic E-state index is 0.0954. The SMILES string of the molecule is O=C1CC(c2cc(C(F)(F)F)cs2)CN1. The van der Waals surface area contributed by atoms with Crippen LogP contribution in [0.3, 0.4) is 0 Å². The van der Waals surface area contributed by atoms with Crippen LogP contribution in [0.15, 0.2) is 11.4 Å². The van der Waals surface area contributed by atoms with Crippen LogP contribution in [0.25, 0.3) is 0 Å². The fraction of sp³-hybridized carbons (Fsp3) is 0.444. The minimum atomic E-state index is -4.29. The van der Waals surface area contributed by atoms with Crippen LogP contribution in [0.1, 0.15) is 22.8 Å². The Morgan fingerprint density at radius 2 is 2.20 bits per heavy atom. The zero-order chi connectivity index (χ0) is 11.1. The van der Waals surface area contributed by atoms with Crippen LogP contribution in [-0.4, -0.2) is 12.5 Å². The molecule has 1 unspecified atom stereocenters. The monoisotopic (exact) mass is 235 g/mol. The number of nitrogens with one attached hydrogen (secondary N) is 1. The Bertz CT molecular complexity index is 385. The zero-order valence-electron chi connectivity index (χ0n) is 7.60. The maximum absolute atomic E-state index is 12.3. The van der Waals surface area contributed by atoms with Crippen molar-refractivity contribution in [1.82, 2.24) is 5.32 Å². The summed E-state index contributed by atoms with van der Waals surface area (Å²) in [5.41, 5.74) is -0.623. The van der Waals surface area contributed by atoms with Crippen molar-refractivity contribution in [3.05, 3.63) is 21.9 Å². The summed E-state index contributed by atoms with van der Waals surface area (Å²) in [7, 11) is 0. The number of rotatable bonds is 1. The molecule has 2 heterocycles. The van der Waals surface area contributed by atoms with E-state index in [1.165, 1.54) is 0 Å². The quantitative estimate of drug-likeness (QED) is 0.795. The molecule has 1 saturated heterocycles. The van der Waals surface area contributed by atoms with Crippen LogP contribution in [0.4, 0.5) is 13.2 Å². The Morgan fingerprint density at radius 3 is 2.67 bits per heavy atom. The zero-order valence-corrected chi connectivity index (χ0v) is 8.41. The third kappa shape index (κ3) is 2.14. The third-order valence-electron chi connectivity index (χ3n) is 2.33. The molecule has 1 aromatic rings. The topological polar surface area (TPSA) is 29.1 Å². The predicted molar refractivity (Wildman–Crippen MR) is 49.7 cm³/mol. The molecule has 1 atom stereocenters. The normalized spacial score (nSPS) is 21.8. The Hall–Kier alpha value is -1.04. The van der Waals surface area contributed by atoms with Gasteiger partial charge in [0.2, 0.25) is 5.91 Å². The van der Waals surface area contributed by atoms with E-state index in [0.29, 0.717) is 11.4 Å². The summed E-state index contributed by atoms with van der Waals surface area (Å²) in [6.45, 7) is 0.441. The van der Waals surface area contributed by atoms with Crippen molar-refractivity contribution in [3.8, 4) is 0 Å². The van der Waals surface area contributed by atoms with Crippen molar-refractivity contribution < 1.29 is 18.0 Å². The van der Waals surface area contributed by atoms with E-state index in [0.717, 1.165) is 22.8 Å². The highest BCUT2D eigenvalue weighted by molar-refractivity contribution is 7.10. The van der Waals surface area contributed by atoms with Gasteiger partial charge in [0, 0.05) is 29.1 Å². The molecule has 82 valence electrons. The molecule has 0 aromatic carbocycles. The number of hydrogen-bond acceptors (Lipinski definition) is 2. The van der Waals surface area contributed by atoms with Crippen LogP contribution in [0.2, 0.25) is 0 Å². The molecular formula is C9H8F3NOS. The molecule has 0 saturated carbocycles. The maximum atomic E-state index is 12.3. The fourth-order valence-electron chi connectivity index (χ4n) is 1.52. The Labute approximate surface area is 88.1 Å². The predicted octanol–water partition coefficient (Wildman–Crippen LogP) is 2.37. The van der Waals surface area contributed by atoms with Crippen molar-refractivity contribution >= 4 is 17.2 Å². The molecule has 0 bridgehead atoms. The first kappa shape index (κ1) is 10.5. The van der Waals surface area contributed by atoms with Gasteiger partial charge in [0.25, 0.3) is 0 Å². The molecule has 2 rings (SSSR count). The Balaban J connectivity index is 2.17. The molecule has 1 amide bonds. The third-order valence-corrected chi connectivity index (χ3v) is 3.42. The summed E-state index contributed by atoms with van der Waals surface area (Å²) in [5, 5.41) is 3.70. The standard InChI is InChI=1S/C9H8F3NOS/c10-9(11,12)6-2-7(15-4-6)5-1-8(14)13-3-5/h2,4-5H,1,3H2,(H,13,14). The lowest BCUT2D eigenvalue weighted by atomic mass is 10.1. The van der Waals surface area contributed by atoms with Gasteiger partial charge in [-0.25, -0.2) is 0 Å². The molecule has 1 aromatic heterocycles. The summed E-state index contributed by atoms with van der Waals surface area (Å²) in [6, 6.07) is 1.13. The van der Waals surface area contributed by atoms with Crippen LogP contribution >= 0.6 is 11.3 Å². The van der Waals surface area contributed by atoms with Gasteiger partial charge in [-0.05, 0) is 6.07 Å². The average Bonchev–Trinajstić information content (AvgIpc) is 2.69. The van der Waals surface area contributed by atoms with Gasteiger partial charge in [-0.2, -0.15) is 13.2 Å². The summed E-state index contributed by atoms with van der Waals surface area (Å²) < 4.78 is 36.9. The van der Waals surface area contributed by atoms with Crippen LogP contribution < -0.4 is 5.32 Å². The molecule has 15 heavy (non-hydrogen) atoms. The number of amides is 1. The van der Waals surface area contributed by atoms with Gasteiger partial charge >= 0.3 is 6.18 Å². The van der Waals surface area contributed by atoms with Crippen LogP contribution in [-0.2, 0) is 11.0 Å². The molecule has 0 radical (unpaired) electrons. The molecule has 0 spiro atoms. The van der Waals surface area contributed by atoms with E-state index in [9.17, 15) is 18.0 Å². The van der Waals surface area contributed by atoms with Gasteiger partial charge in [-0.1, -0.05) is 0 Å². The lowest BCUT2D eigenvalue weighted by Crippen LogP contribution is -2.13. The summed E-state index contributed by atoms with van der Waals surface area (Å²) in [4.78, 5) is 11.5. The van der Waals surface area contributed by atoms with E-state index in [1.54, 1.807) is 0 Å². The highest BCUT2D eigenvalue weighted by Crippen LogP contribution is 2.36. The minimum Gasteiger partial charge on any atom is -0.355 e. The molecule has 0 aliphatic carbocycles. The van der Waals surface area contributed by atoms with E-state index in [2.05, 4.69) is 5.32 Å². The van der Waals surface area contributed by atoms with Gasteiger partial charge < -0.3 is 5.32 Å². The lowest BCUT2D eigenvalue weighted by molar-refractivity contribution is -0.137.